The fourth-order valence-electron chi connectivity index (χ4n) is 1.79. The summed E-state index contributed by atoms with van der Waals surface area (Å²) in [4.78, 5) is 11.8. The van der Waals surface area contributed by atoms with Crippen LogP contribution in [0.4, 0.5) is 0 Å². The number of aryl methyl sites for hydroxylation is 2. The smallest absolute Gasteiger partial charge is 0.311 e. The lowest BCUT2D eigenvalue weighted by Crippen LogP contribution is -2.09. The second kappa shape index (κ2) is 5.89. The summed E-state index contributed by atoms with van der Waals surface area (Å²) in [5.74, 6) is 0.795. The second-order valence-electron chi connectivity index (χ2n) is 4.21. The Morgan fingerprint density at radius 1 is 1.37 bits per heavy atom. The summed E-state index contributed by atoms with van der Waals surface area (Å²) in [5, 5.41) is 4.27. The minimum Gasteiger partial charge on any atom is -0.425 e. The van der Waals surface area contributed by atoms with E-state index in [0.717, 1.165) is 17.0 Å². The van der Waals surface area contributed by atoms with Crippen molar-refractivity contribution in [1.82, 2.24) is 5.16 Å². The van der Waals surface area contributed by atoms with Crippen LogP contribution in [0.5, 0.6) is 5.75 Å². The van der Waals surface area contributed by atoms with E-state index in [4.69, 9.17) is 20.9 Å². The predicted octanol–water partition coefficient (Wildman–Crippen LogP) is 3.48. The fourth-order valence-corrected chi connectivity index (χ4v) is 1.96. The summed E-state index contributed by atoms with van der Waals surface area (Å²) in [6.45, 7) is 3.68. The highest BCUT2D eigenvalue weighted by Gasteiger charge is 2.13. The van der Waals surface area contributed by atoms with E-state index in [1.165, 1.54) is 0 Å². The van der Waals surface area contributed by atoms with E-state index < -0.39 is 0 Å². The molecule has 0 aliphatic heterocycles. The van der Waals surface area contributed by atoms with Crippen molar-refractivity contribution in [3.63, 3.8) is 0 Å². The van der Waals surface area contributed by atoms with Crippen molar-refractivity contribution in [2.24, 2.45) is 0 Å². The number of halogens is 1. The van der Waals surface area contributed by atoms with Crippen molar-refractivity contribution in [1.29, 1.82) is 0 Å². The molecule has 0 radical (unpaired) electrons. The molecule has 0 aliphatic carbocycles. The summed E-state index contributed by atoms with van der Waals surface area (Å²) in [7, 11) is 0. The van der Waals surface area contributed by atoms with Gasteiger partial charge in [0.2, 0.25) is 0 Å². The average molecular weight is 280 g/mol. The van der Waals surface area contributed by atoms with Crippen LogP contribution in [-0.2, 0) is 11.2 Å². The van der Waals surface area contributed by atoms with Crippen LogP contribution in [0.1, 0.15) is 23.4 Å². The molecule has 1 aromatic carbocycles. The molecular weight excluding hydrogens is 266 g/mol. The highest BCUT2D eigenvalue weighted by molar-refractivity contribution is 6.32. The van der Waals surface area contributed by atoms with E-state index in [-0.39, 0.29) is 12.4 Å². The lowest BCUT2D eigenvalue weighted by atomic mass is 10.1. The normalized spacial score (nSPS) is 10.5. The quantitative estimate of drug-likeness (QED) is 0.635. The van der Waals surface area contributed by atoms with Gasteiger partial charge >= 0.3 is 5.97 Å². The van der Waals surface area contributed by atoms with Crippen molar-refractivity contribution in [3.05, 3.63) is 46.3 Å². The number of aromatic nitrogens is 1. The summed E-state index contributed by atoms with van der Waals surface area (Å²) in [6, 6.07) is 6.89. The molecule has 2 aromatic rings. The Hall–Kier alpha value is -1.81. The molecule has 0 spiro atoms. The van der Waals surface area contributed by atoms with Crippen LogP contribution < -0.4 is 4.74 Å². The van der Waals surface area contributed by atoms with E-state index in [1.54, 1.807) is 24.3 Å². The van der Waals surface area contributed by atoms with Crippen molar-refractivity contribution in [3.8, 4) is 5.75 Å². The molecule has 1 heterocycles. The van der Waals surface area contributed by atoms with Crippen LogP contribution in [0.15, 0.2) is 28.8 Å². The molecule has 5 heteroatoms. The van der Waals surface area contributed by atoms with E-state index >= 15 is 0 Å². The fraction of sp³-hybridized carbons (Fsp3) is 0.286. The topological polar surface area (TPSA) is 52.3 Å². The monoisotopic (exact) mass is 279 g/mol. The molecule has 0 bridgehead atoms. The Bertz CT molecular complexity index is 573. The van der Waals surface area contributed by atoms with Crippen molar-refractivity contribution in [2.45, 2.75) is 26.7 Å². The van der Waals surface area contributed by atoms with Crippen LogP contribution in [0.3, 0.4) is 0 Å². The summed E-state index contributed by atoms with van der Waals surface area (Å²) >= 11 is 5.92. The molecule has 0 fully saturated rings. The van der Waals surface area contributed by atoms with Crippen LogP contribution in [0.2, 0.25) is 5.02 Å². The minimum atomic E-state index is -0.326. The molecule has 19 heavy (non-hydrogen) atoms. The van der Waals surface area contributed by atoms with Crippen molar-refractivity contribution in [2.75, 3.05) is 0 Å². The molecule has 4 nitrogen and oxygen atoms in total. The Balaban J connectivity index is 1.94. The maximum atomic E-state index is 11.8. The second-order valence-corrected chi connectivity index (χ2v) is 4.61. The van der Waals surface area contributed by atoms with E-state index in [1.807, 2.05) is 13.8 Å². The first-order chi connectivity index (χ1) is 9.08. The Morgan fingerprint density at radius 3 is 2.74 bits per heavy atom. The van der Waals surface area contributed by atoms with E-state index in [2.05, 4.69) is 5.16 Å². The van der Waals surface area contributed by atoms with Gasteiger partial charge in [0.25, 0.3) is 0 Å². The first-order valence-electron chi connectivity index (χ1n) is 5.95. The molecule has 0 atom stereocenters. The van der Waals surface area contributed by atoms with Crippen LogP contribution >= 0.6 is 11.6 Å². The number of carbonyl (C=O) groups excluding carboxylic acids is 1. The summed E-state index contributed by atoms with van der Waals surface area (Å²) in [6.07, 6.45) is 0.804. The van der Waals surface area contributed by atoms with Gasteiger partial charge in [-0.2, -0.15) is 0 Å². The van der Waals surface area contributed by atoms with Crippen molar-refractivity contribution >= 4 is 17.6 Å². The predicted molar refractivity (Wildman–Crippen MR) is 71.4 cm³/mol. The summed E-state index contributed by atoms with van der Waals surface area (Å²) in [5.41, 5.74) is 1.76. The van der Waals surface area contributed by atoms with E-state index in [0.29, 0.717) is 17.2 Å². The average Bonchev–Trinajstić information content (AvgIpc) is 2.70. The molecule has 0 aliphatic rings. The van der Waals surface area contributed by atoms with Gasteiger partial charge in [-0.15, -0.1) is 0 Å². The lowest BCUT2D eigenvalue weighted by molar-refractivity contribution is -0.134. The molecule has 0 N–H and O–H groups in total. The maximum absolute atomic E-state index is 11.8. The highest BCUT2D eigenvalue weighted by Crippen LogP contribution is 2.24. The minimum absolute atomic E-state index is 0.258. The molecule has 0 unspecified atom stereocenters. The number of carbonyl (C=O) groups is 1. The summed E-state index contributed by atoms with van der Waals surface area (Å²) < 4.78 is 10.2. The van der Waals surface area contributed by atoms with Gasteiger partial charge in [-0.1, -0.05) is 28.9 Å². The standard InChI is InChI=1S/C14H14ClNO3/c1-9-11(10(2)19-16-9)7-8-14(17)18-13-6-4-3-5-12(13)15/h3-6H,7-8H2,1-2H3. The Kier molecular flexibility index (Phi) is 4.22. The Morgan fingerprint density at radius 2 is 2.11 bits per heavy atom. The van der Waals surface area contributed by atoms with Crippen molar-refractivity contribution < 1.29 is 14.1 Å². The SMILES string of the molecule is Cc1noc(C)c1CCC(=O)Oc1ccccc1Cl. The number of ether oxygens (including phenoxy) is 1. The Labute approximate surface area is 116 Å². The molecular formula is C14H14ClNO3. The molecule has 100 valence electrons. The zero-order chi connectivity index (χ0) is 13.8. The van der Waals surface area contributed by atoms with Crippen LogP contribution in [-0.4, -0.2) is 11.1 Å². The third-order valence-electron chi connectivity index (χ3n) is 2.82. The van der Waals surface area contributed by atoms with Gasteiger partial charge in [0.15, 0.2) is 0 Å². The first-order valence-corrected chi connectivity index (χ1v) is 6.32. The number of esters is 1. The van der Waals surface area contributed by atoms with Crippen LogP contribution in [0.25, 0.3) is 0 Å². The van der Waals surface area contributed by atoms with Gasteiger partial charge in [-0.3, -0.25) is 4.79 Å². The van der Waals surface area contributed by atoms with E-state index in [9.17, 15) is 4.79 Å². The van der Waals surface area contributed by atoms with Crippen LogP contribution in [0, 0.1) is 13.8 Å². The molecule has 0 amide bonds. The number of benzene rings is 1. The molecule has 1 aromatic heterocycles. The number of nitrogens with zero attached hydrogens (tertiary/aromatic N) is 1. The largest absolute Gasteiger partial charge is 0.425 e. The number of para-hydroxylation sites is 1. The maximum Gasteiger partial charge on any atom is 0.311 e. The van der Waals surface area contributed by atoms with Gasteiger partial charge in [0.05, 0.1) is 17.1 Å². The van der Waals surface area contributed by atoms with Gasteiger partial charge < -0.3 is 9.26 Å². The van der Waals surface area contributed by atoms with Gasteiger partial charge in [-0.25, -0.2) is 0 Å². The van der Waals surface area contributed by atoms with Gasteiger partial charge in [0.1, 0.15) is 11.5 Å². The zero-order valence-electron chi connectivity index (χ0n) is 10.8. The lowest BCUT2D eigenvalue weighted by Gasteiger charge is -2.05. The molecule has 0 saturated carbocycles. The molecule has 0 saturated heterocycles. The molecule has 2 rings (SSSR count). The van der Waals surface area contributed by atoms with Gasteiger partial charge in [0, 0.05) is 5.56 Å². The zero-order valence-corrected chi connectivity index (χ0v) is 11.5. The first kappa shape index (κ1) is 13.6. The third-order valence-corrected chi connectivity index (χ3v) is 3.13. The third kappa shape index (κ3) is 3.35. The number of rotatable bonds is 4. The highest BCUT2D eigenvalue weighted by atomic mass is 35.5. The number of hydrogen-bond donors (Lipinski definition) is 0. The van der Waals surface area contributed by atoms with Gasteiger partial charge in [-0.05, 0) is 32.4 Å². The number of hydrogen-bond acceptors (Lipinski definition) is 4.